The summed E-state index contributed by atoms with van der Waals surface area (Å²) in [5, 5.41) is 2.91. The molecule has 2 unspecified atom stereocenters. The van der Waals surface area contributed by atoms with Crippen LogP contribution in [0.15, 0.2) is 0 Å². The highest BCUT2D eigenvalue weighted by molar-refractivity contribution is 5.83. The van der Waals surface area contributed by atoms with Crippen LogP contribution in [0.25, 0.3) is 0 Å². The molecule has 2 atom stereocenters. The lowest BCUT2D eigenvalue weighted by Gasteiger charge is -2.25. The standard InChI is InChI=1S/C38H79N7O2/c1-3-5-7-9-11-13-15-16-17-19-21-23-25-27-32-45(31-26-24-22-20-18-14-12-10-8-6-4-2)37(47)35(40)33-44-36(46)34(39)29-28-30-43-38(41)42/h34-35H,3-33,39-40H2,1-2H3,(H,44,46)(H4,41,42,43)/p+3. The largest absolute Gasteiger partial charge is 0.347 e. The molecule has 9 nitrogen and oxygen atoms in total. The van der Waals surface area contributed by atoms with Gasteiger partial charge in [-0.05, 0) is 19.3 Å². The topological polar surface area (TPSA) is 171 Å². The summed E-state index contributed by atoms with van der Waals surface area (Å²) in [5.74, 6) is 0.103. The zero-order valence-corrected chi connectivity index (χ0v) is 31.4. The quantitative estimate of drug-likeness (QED) is 0.0340. The van der Waals surface area contributed by atoms with E-state index in [0.29, 0.717) is 13.0 Å². The average molecular weight is 669 g/mol. The summed E-state index contributed by atoms with van der Waals surface area (Å²) in [6.07, 6.45) is 34.2. The number of hydrogen-bond donors (Lipinski definition) is 6. The Labute approximate surface area is 290 Å². The monoisotopic (exact) mass is 669 g/mol. The molecule has 2 amide bonds. The van der Waals surface area contributed by atoms with Gasteiger partial charge in [0.05, 0.1) is 13.1 Å². The number of unbranched alkanes of at least 4 members (excludes halogenated alkanes) is 23. The van der Waals surface area contributed by atoms with Crippen LogP contribution < -0.4 is 33.2 Å². The molecule has 12 N–H and O–H groups in total. The van der Waals surface area contributed by atoms with E-state index < -0.39 is 6.04 Å². The van der Waals surface area contributed by atoms with Gasteiger partial charge in [0.1, 0.15) is 0 Å². The van der Waals surface area contributed by atoms with Gasteiger partial charge in [-0.3, -0.25) is 26.0 Å². The van der Waals surface area contributed by atoms with Crippen LogP contribution in [0.5, 0.6) is 0 Å². The highest BCUT2D eigenvalue weighted by Crippen LogP contribution is 2.14. The normalized spacial score (nSPS) is 12.5. The summed E-state index contributed by atoms with van der Waals surface area (Å²) in [6.45, 7) is 6.98. The molecule has 0 aliphatic rings. The number of nitrogens with one attached hydrogen (secondary N) is 2. The van der Waals surface area contributed by atoms with Gasteiger partial charge >= 0.3 is 5.96 Å². The lowest BCUT2D eigenvalue weighted by molar-refractivity contribution is -0.463. The van der Waals surface area contributed by atoms with Gasteiger partial charge in [-0.2, -0.15) is 0 Å². The Bertz CT molecular complexity index is 746. The number of carbonyl (C=O) groups is 2. The van der Waals surface area contributed by atoms with Crippen molar-refractivity contribution in [3.63, 3.8) is 0 Å². The summed E-state index contributed by atoms with van der Waals surface area (Å²) >= 11 is 0. The van der Waals surface area contributed by atoms with Gasteiger partial charge in [-0.25, -0.2) is 0 Å². The number of guanidine groups is 1. The third kappa shape index (κ3) is 30.0. The highest BCUT2D eigenvalue weighted by Gasteiger charge is 2.26. The van der Waals surface area contributed by atoms with Crippen molar-refractivity contribution in [2.75, 3.05) is 26.2 Å². The van der Waals surface area contributed by atoms with E-state index in [1.807, 2.05) is 4.90 Å². The van der Waals surface area contributed by atoms with Gasteiger partial charge in [0.2, 0.25) is 0 Å². The molecule has 0 aliphatic carbocycles. The number of rotatable bonds is 35. The van der Waals surface area contributed by atoms with Crippen molar-refractivity contribution in [3.05, 3.63) is 0 Å². The molecule has 0 heterocycles. The molecule has 0 aliphatic heterocycles. The molecule has 0 aromatic carbocycles. The average Bonchev–Trinajstić information content (AvgIpc) is 3.06. The minimum absolute atomic E-state index is 0.0610. The molecule has 0 rings (SSSR count). The first-order valence-corrected chi connectivity index (χ1v) is 20.2. The van der Waals surface area contributed by atoms with Crippen molar-refractivity contribution in [2.24, 2.45) is 11.5 Å². The van der Waals surface area contributed by atoms with Crippen LogP contribution in [0.1, 0.15) is 187 Å². The number of hydrogen-bond acceptors (Lipinski definition) is 2. The summed E-state index contributed by atoms with van der Waals surface area (Å²) in [7, 11) is 0. The Morgan fingerprint density at radius 3 is 1.30 bits per heavy atom. The fourth-order valence-electron chi connectivity index (χ4n) is 6.22. The minimum atomic E-state index is -0.487. The molecule has 0 bridgehead atoms. The number of quaternary nitrogens is 2. The van der Waals surface area contributed by atoms with Crippen LogP contribution in [0, 0.1) is 0 Å². The maximum absolute atomic E-state index is 13.4. The summed E-state index contributed by atoms with van der Waals surface area (Å²) < 4.78 is 0. The minimum Gasteiger partial charge on any atom is -0.347 e. The second-order valence-electron chi connectivity index (χ2n) is 14.1. The third-order valence-corrected chi connectivity index (χ3v) is 9.43. The summed E-state index contributed by atoms with van der Waals surface area (Å²) in [6, 6.07) is -0.875. The molecule has 9 heteroatoms. The van der Waals surface area contributed by atoms with Crippen molar-refractivity contribution in [1.82, 2.24) is 10.2 Å². The summed E-state index contributed by atoms with van der Waals surface area (Å²) in [5.41, 5.74) is 19.0. The van der Waals surface area contributed by atoms with Crippen molar-refractivity contribution in [2.45, 2.75) is 199 Å². The van der Waals surface area contributed by atoms with E-state index in [-0.39, 0.29) is 30.4 Å². The molecule has 0 aromatic rings. The summed E-state index contributed by atoms with van der Waals surface area (Å²) in [4.78, 5) is 30.9. The van der Waals surface area contributed by atoms with Gasteiger partial charge < -0.3 is 21.7 Å². The van der Waals surface area contributed by atoms with Crippen molar-refractivity contribution in [1.29, 1.82) is 0 Å². The van der Waals surface area contributed by atoms with Gasteiger partial charge in [0.15, 0.2) is 12.1 Å². The van der Waals surface area contributed by atoms with E-state index in [2.05, 4.69) is 35.6 Å². The van der Waals surface area contributed by atoms with Crippen LogP contribution in [0.3, 0.4) is 0 Å². The van der Waals surface area contributed by atoms with Crippen molar-refractivity contribution in [3.8, 4) is 0 Å². The Morgan fingerprint density at radius 1 is 0.574 bits per heavy atom. The van der Waals surface area contributed by atoms with E-state index in [0.717, 1.165) is 32.4 Å². The predicted octanol–water partition coefficient (Wildman–Crippen LogP) is 4.08. The molecule has 0 radical (unpaired) electrons. The van der Waals surface area contributed by atoms with Crippen LogP contribution >= 0.6 is 0 Å². The predicted molar refractivity (Wildman–Crippen MR) is 198 cm³/mol. The molecular weight excluding hydrogens is 586 g/mol. The van der Waals surface area contributed by atoms with Crippen LogP contribution in [0.2, 0.25) is 0 Å². The molecule has 47 heavy (non-hydrogen) atoms. The molecule has 0 aromatic heterocycles. The molecule has 0 saturated heterocycles. The maximum atomic E-state index is 13.4. The Morgan fingerprint density at radius 2 is 0.936 bits per heavy atom. The number of nitrogens with two attached hydrogens (primary N) is 2. The van der Waals surface area contributed by atoms with Crippen molar-refractivity contribution >= 4 is 17.8 Å². The highest BCUT2D eigenvalue weighted by atomic mass is 16.2. The first-order chi connectivity index (χ1) is 22.8. The first kappa shape index (κ1) is 45.1. The van der Waals surface area contributed by atoms with E-state index >= 15 is 0 Å². The number of amides is 2. The van der Waals surface area contributed by atoms with Crippen molar-refractivity contribution < 1.29 is 26.0 Å². The maximum Gasteiger partial charge on any atom is 0.338 e. The lowest BCUT2D eigenvalue weighted by atomic mass is 10.0. The number of carbonyl (C=O) groups excluding carboxylic acids is 2. The van der Waals surface area contributed by atoms with Gasteiger partial charge in [0, 0.05) is 19.5 Å². The van der Waals surface area contributed by atoms with E-state index in [1.165, 1.54) is 148 Å². The van der Waals surface area contributed by atoms with Crippen LogP contribution in [-0.4, -0.2) is 60.9 Å². The molecule has 0 fully saturated rings. The van der Waals surface area contributed by atoms with Crippen LogP contribution in [0.4, 0.5) is 0 Å². The second-order valence-corrected chi connectivity index (χ2v) is 14.1. The smallest absolute Gasteiger partial charge is 0.338 e. The Kier molecular flexibility index (Phi) is 32.7. The first-order valence-electron chi connectivity index (χ1n) is 20.2. The molecule has 0 saturated carbocycles. The Balaban J connectivity index is 4.44. The van der Waals surface area contributed by atoms with Gasteiger partial charge in [0.25, 0.3) is 11.8 Å². The number of nitrogens with zero attached hydrogens (tertiary/aromatic N) is 1. The fourth-order valence-corrected chi connectivity index (χ4v) is 6.22. The van der Waals surface area contributed by atoms with Gasteiger partial charge in [-0.15, -0.1) is 0 Å². The zero-order valence-electron chi connectivity index (χ0n) is 31.4. The third-order valence-electron chi connectivity index (χ3n) is 9.43. The lowest BCUT2D eigenvalue weighted by Crippen LogP contribution is -2.78. The van der Waals surface area contributed by atoms with E-state index in [1.54, 1.807) is 0 Å². The van der Waals surface area contributed by atoms with Gasteiger partial charge in [-0.1, -0.05) is 162 Å². The zero-order chi connectivity index (χ0) is 34.8. The molecule has 278 valence electrons. The Hall–Kier alpha value is -1.87. The van der Waals surface area contributed by atoms with E-state index in [4.69, 9.17) is 11.5 Å². The van der Waals surface area contributed by atoms with Crippen LogP contribution in [-0.2, 0) is 9.59 Å². The molecule has 0 spiro atoms. The second kappa shape index (κ2) is 34.0. The van der Waals surface area contributed by atoms with E-state index in [9.17, 15) is 9.59 Å². The molecular formula is C38H82N7O2+3. The SMILES string of the molecule is CCCCCCCCCCCCCCCCN(CCCCCCCCCCCCC)C(=O)C([NH3+])CNC(=O)C([NH3+])CCC[NH+]=C(N)N. The fraction of sp³-hybridized carbons (Fsp3) is 0.921.